The van der Waals surface area contributed by atoms with E-state index in [1.165, 1.54) is 0 Å². The molecule has 1 aliphatic rings. The van der Waals surface area contributed by atoms with Crippen LogP contribution in [0.15, 0.2) is 42.5 Å². The zero-order valence-corrected chi connectivity index (χ0v) is 13.1. The minimum Gasteiger partial charge on any atom is -0.508 e. The number of benzene rings is 2. The Morgan fingerprint density at radius 2 is 1.67 bits per heavy atom. The number of anilines is 1. The van der Waals surface area contributed by atoms with Crippen LogP contribution in [0.5, 0.6) is 5.75 Å². The molecule has 2 aromatic rings. The maximum Gasteiger partial charge on any atom is 0.115 e. The van der Waals surface area contributed by atoms with Crippen LogP contribution in [-0.4, -0.2) is 31.3 Å². The molecular formula is C16H18Cl2N2O. The molecule has 0 amide bonds. The van der Waals surface area contributed by atoms with Crippen molar-refractivity contribution in [2.24, 2.45) is 0 Å². The minimum atomic E-state index is 0. The second-order valence-corrected chi connectivity index (χ2v) is 5.33. The van der Waals surface area contributed by atoms with Crippen LogP contribution in [-0.2, 0) is 0 Å². The Hall–Kier alpha value is -1.42. The molecule has 112 valence electrons. The number of aromatic hydroxyl groups is 1. The second-order valence-electron chi connectivity index (χ2n) is 4.92. The van der Waals surface area contributed by atoms with Crippen molar-refractivity contribution in [3.63, 3.8) is 0 Å². The molecule has 1 fully saturated rings. The molecule has 1 heterocycles. The number of hydrogen-bond acceptors (Lipinski definition) is 3. The van der Waals surface area contributed by atoms with Gasteiger partial charge in [-0.15, -0.1) is 12.4 Å². The summed E-state index contributed by atoms with van der Waals surface area (Å²) in [7, 11) is 0. The highest BCUT2D eigenvalue weighted by Gasteiger charge is 2.17. The maximum atomic E-state index is 9.44. The molecule has 21 heavy (non-hydrogen) atoms. The largest absolute Gasteiger partial charge is 0.508 e. The van der Waals surface area contributed by atoms with Crippen molar-refractivity contribution in [1.82, 2.24) is 5.32 Å². The predicted octanol–water partition coefficient (Wildman–Crippen LogP) is 3.54. The lowest BCUT2D eigenvalue weighted by molar-refractivity contribution is 0.475. The molecule has 0 atom stereocenters. The van der Waals surface area contributed by atoms with Crippen LogP contribution in [0, 0.1) is 0 Å². The van der Waals surface area contributed by atoms with Crippen LogP contribution >= 0.6 is 24.0 Å². The number of nitrogens with one attached hydrogen (secondary N) is 1. The zero-order valence-electron chi connectivity index (χ0n) is 11.6. The Bertz CT molecular complexity index is 596. The average Bonchev–Trinajstić information content (AvgIpc) is 2.49. The highest BCUT2D eigenvalue weighted by Crippen LogP contribution is 2.37. The fourth-order valence-electron chi connectivity index (χ4n) is 2.60. The van der Waals surface area contributed by atoms with Gasteiger partial charge in [0.2, 0.25) is 0 Å². The Morgan fingerprint density at radius 3 is 2.33 bits per heavy atom. The number of hydrogen-bond donors (Lipinski definition) is 2. The lowest BCUT2D eigenvalue weighted by Crippen LogP contribution is -2.43. The summed E-state index contributed by atoms with van der Waals surface area (Å²) < 4.78 is 0. The fraction of sp³-hybridized carbons (Fsp3) is 0.250. The van der Waals surface area contributed by atoms with E-state index in [0.717, 1.165) is 48.0 Å². The van der Waals surface area contributed by atoms with Gasteiger partial charge in [0.1, 0.15) is 5.75 Å². The number of piperazine rings is 1. The van der Waals surface area contributed by atoms with E-state index in [4.69, 9.17) is 11.6 Å². The van der Waals surface area contributed by atoms with Gasteiger partial charge in [-0.05, 0) is 29.8 Å². The zero-order chi connectivity index (χ0) is 13.9. The van der Waals surface area contributed by atoms with E-state index in [1.807, 2.05) is 24.3 Å². The van der Waals surface area contributed by atoms with Crippen molar-refractivity contribution in [3.8, 4) is 16.9 Å². The number of rotatable bonds is 2. The molecule has 0 aliphatic carbocycles. The number of halogens is 2. The van der Waals surface area contributed by atoms with Crippen molar-refractivity contribution >= 4 is 29.7 Å². The summed E-state index contributed by atoms with van der Waals surface area (Å²) in [6, 6.07) is 13.2. The Morgan fingerprint density at radius 1 is 1.00 bits per heavy atom. The van der Waals surface area contributed by atoms with Gasteiger partial charge in [0, 0.05) is 37.4 Å². The van der Waals surface area contributed by atoms with Crippen LogP contribution in [0.25, 0.3) is 11.1 Å². The van der Waals surface area contributed by atoms with Crippen molar-refractivity contribution < 1.29 is 5.11 Å². The predicted molar refractivity (Wildman–Crippen MR) is 90.9 cm³/mol. The van der Waals surface area contributed by atoms with E-state index >= 15 is 0 Å². The standard InChI is InChI=1S/C16H17ClN2O.ClH/c17-14-2-1-3-15(19-10-8-18-9-11-19)16(14)12-4-6-13(20)7-5-12;/h1-7,18,20H,8-11H2;1H. The van der Waals surface area contributed by atoms with E-state index in [-0.39, 0.29) is 18.2 Å². The van der Waals surface area contributed by atoms with Gasteiger partial charge in [0.15, 0.2) is 0 Å². The van der Waals surface area contributed by atoms with Crippen LogP contribution < -0.4 is 10.2 Å². The van der Waals surface area contributed by atoms with E-state index in [0.29, 0.717) is 0 Å². The summed E-state index contributed by atoms with van der Waals surface area (Å²) in [5.41, 5.74) is 3.22. The van der Waals surface area contributed by atoms with Crippen LogP contribution in [0.2, 0.25) is 5.02 Å². The first-order chi connectivity index (χ1) is 9.75. The maximum absolute atomic E-state index is 9.44. The molecular weight excluding hydrogens is 307 g/mol. The van der Waals surface area contributed by atoms with Crippen molar-refractivity contribution in [2.75, 3.05) is 31.1 Å². The number of phenols is 1. The van der Waals surface area contributed by atoms with E-state index in [2.05, 4.69) is 16.3 Å². The second kappa shape index (κ2) is 7.03. The molecule has 2 N–H and O–H groups in total. The third kappa shape index (κ3) is 3.43. The number of nitrogens with zero attached hydrogens (tertiary/aromatic N) is 1. The van der Waals surface area contributed by atoms with Gasteiger partial charge in [-0.3, -0.25) is 0 Å². The SMILES string of the molecule is Cl.Oc1ccc(-c2c(Cl)cccc2N2CCNCC2)cc1. The summed E-state index contributed by atoms with van der Waals surface area (Å²) in [6.07, 6.45) is 0. The van der Waals surface area contributed by atoms with Gasteiger partial charge in [0.25, 0.3) is 0 Å². The molecule has 0 aromatic heterocycles. The first kappa shape index (κ1) is 16.0. The molecule has 0 bridgehead atoms. The first-order valence-corrected chi connectivity index (χ1v) is 7.17. The fourth-order valence-corrected chi connectivity index (χ4v) is 2.87. The van der Waals surface area contributed by atoms with E-state index in [9.17, 15) is 5.11 Å². The summed E-state index contributed by atoms with van der Waals surface area (Å²) in [4.78, 5) is 2.35. The highest BCUT2D eigenvalue weighted by atomic mass is 35.5. The first-order valence-electron chi connectivity index (χ1n) is 6.79. The molecule has 2 aromatic carbocycles. The van der Waals surface area contributed by atoms with Gasteiger partial charge in [0.05, 0.1) is 5.02 Å². The minimum absolute atomic E-state index is 0. The van der Waals surface area contributed by atoms with Gasteiger partial charge in [-0.25, -0.2) is 0 Å². The van der Waals surface area contributed by atoms with Gasteiger partial charge in [-0.1, -0.05) is 29.8 Å². The molecule has 0 saturated carbocycles. The normalized spacial score (nSPS) is 14.6. The topological polar surface area (TPSA) is 35.5 Å². The summed E-state index contributed by atoms with van der Waals surface area (Å²) in [6.45, 7) is 3.93. The Kier molecular flexibility index (Phi) is 5.34. The van der Waals surface area contributed by atoms with E-state index < -0.39 is 0 Å². The summed E-state index contributed by atoms with van der Waals surface area (Å²) in [5.74, 6) is 0.268. The third-order valence-electron chi connectivity index (χ3n) is 3.61. The molecule has 1 saturated heterocycles. The smallest absolute Gasteiger partial charge is 0.115 e. The molecule has 3 nitrogen and oxygen atoms in total. The van der Waals surface area contributed by atoms with Crippen molar-refractivity contribution in [3.05, 3.63) is 47.5 Å². The average molecular weight is 325 g/mol. The summed E-state index contributed by atoms with van der Waals surface area (Å²) in [5, 5.41) is 13.5. The molecule has 0 unspecified atom stereocenters. The Balaban J connectivity index is 0.00000161. The Labute approximate surface area is 136 Å². The van der Waals surface area contributed by atoms with Crippen LogP contribution in [0.3, 0.4) is 0 Å². The lowest BCUT2D eigenvalue weighted by Gasteiger charge is -2.31. The van der Waals surface area contributed by atoms with Crippen LogP contribution in [0.1, 0.15) is 0 Å². The van der Waals surface area contributed by atoms with E-state index in [1.54, 1.807) is 12.1 Å². The molecule has 5 heteroatoms. The molecule has 0 radical (unpaired) electrons. The molecule has 1 aliphatic heterocycles. The van der Waals surface area contributed by atoms with Gasteiger partial charge >= 0.3 is 0 Å². The highest BCUT2D eigenvalue weighted by molar-refractivity contribution is 6.34. The number of phenolic OH excluding ortho intramolecular Hbond substituents is 1. The van der Waals surface area contributed by atoms with Crippen molar-refractivity contribution in [2.45, 2.75) is 0 Å². The van der Waals surface area contributed by atoms with Gasteiger partial charge < -0.3 is 15.3 Å². The third-order valence-corrected chi connectivity index (χ3v) is 3.92. The van der Waals surface area contributed by atoms with Gasteiger partial charge in [-0.2, -0.15) is 0 Å². The van der Waals surface area contributed by atoms with Crippen molar-refractivity contribution in [1.29, 1.82) is 0 Å². The van der Waals surface area contributed by atoms with Crippen LogP contribution in [0.4, 0.5) is 5.69 Å². The summed E-state index contributed by atoms with van der Waals surface area (Å²) >= 11 is 6.42. The quantitative estimate of drug-likeness (QED) is 0.886. The molecule has 0 spiro atoms. The monoisotopic (exact) mass is 324 g/mol. The molecule has 3 rings (SSSR count). The lowest BCUT2D eigenvalue weighted by atomic mass is 10.0.